The minimum absolute atomic E-state index is 0.102. The predicted molar refractivity (Wildman–Crippen MR) is 62.6 cm³/mol. The lowest BCUT2D eigenvalue weighted by atomic mass is 10.1. The van der Waals surface area contributed by atoms with Crippen molar-refractivity contribution in [3.63, 3.8) is 0 Å². The molecule has 7 heteroatoms. The third kappa shape index (κ3) is 2.85. The fourth-order valence-electron chi connectivity index (χ4n) is 1.56. The molecule has 0 bridgehead atoms. The second-order valence-corrected chi connectivity index (χ2v) is 3.90. The van der Waals surface area contributed by atoms with Crippen molar-refractivity contribution in [1.82, 2.24) is 9.78 Å². The summed E-state index contributed by atoms with van der Waals surface area (Å²) in [5, 5.41) is 15.5. The Balaban J connectivity index is 2.40. The van der Waals surface area contributed by atoms with E-state index in [0.29, 0.717) is 5.69 Å². The summed E-state index contributed by atoms with van der Waals surface area (Å²) < 4.78 is 39.4. The molecule has 2 rings (SSSR count). The molecule has 0 fully saturated rings. The van der Waals surface area contributed by atoms with Crippen LogP contribution in [0.1, 0.15) is 11.1 Å². The molecule has 0 spiro atoms. The van der Waals surface area contributed by atoms with Gasteiger partial charge in [0.05, 0.1) is 28.7 Å². The van der Waals surface area contributed by atoms with E-state index < -0.39 is 11.7 Å². The maximum atomic E-state index is 12.6. The number of nitrogens with zero attached hydrogens (tertiary/aromatic N) is 3. The fourth-order valence-corrected chi connectivity index (χ4v) is 1.56. The molecule has 0 amide bonds. The quantitative estimate of drug-likeness (QED) is 0.908. The van der Waals surface area contributed by atoms with Crippen LogP contribution in [0.5, 0.6) is 0 Å². The first-order chi connectivity index (χ1) is 8.90. The maximum absolute atomic E-state index is 12.6. The van der Waals surface area contributed by atoms with E-state index >= 15 is 0 Å². The molecule has 0 radical (unpaired) electrons. The molecule has 2 aromatic rings. The number of hydrogen-bond donors (Lipinski definition) is 1. The molecular formula is C12H9F3N4. The van der Waals surface area contributed by atoms with Gasteiger partial charge in [0, 0.05) is 13.2 Å². The molecule has 0 aliphatic carbocycles. The SMILES string of the molecule is Cn1cc(Nc2cc(C(F)(F)F)ccc2C#N)cn1. The number of anilines is 2. The van der Waals surface area contributed by atoms with Crippen LogP contribution in [0.3, 0.4) is 0 Å². The van der Waals surface area contributed by atoms with Crippen molar-refractivity contribution in [2.45, 2.75) is 6.18 Å². The zero-order valence-electron chi connectivity index (χ0n) is 9.86. The predicted octanol–water partition coefficient (Wildman–Crippen LogP) is 3.05. The highest BCUT2D eigenvalue weighted by atomic mass is 19.4. The first-order valence-electron chi connectivity index (χ1n) is 5.27. The van der Waals surface area contributed by atoms with Gasteiger partial charge in [-0.2, -0.15) is 23.5 Å². The van der Waals surface area contributed by atoms with Gasteiger partial charge in [-0.3, -0.25) is 4.68 Å². The molecule has 98 valence electrons. The number of hydrogen-bond acceptors (Lipinski definition) is 3. The van der Waals surface area contributed by atoms with Crippen molar-refractivity contribution >= 4 is 11.4 Å². The van der Waals surface area contributed by atoms with E-state index in [0.717, 1.165) is 18.2 Å². The number of aryl methyl sites for hydroxylation is 1. The van der Waals surface area contributed by atoms with Gasteiger partial charge < -0.3 is 5.32 Å². The maximum Gasteiger partial charge on any atom is 0.416 e. The summed E-state index contributed by atoms with van der Waals surface area (Å²) in [5.41, 5.74) is -0.0570. The molecule has 19 heavy (non-hydrogen) atoms. The zero-order valence-corrected chi connectivity index (χ0v) is 9.86. The number of alkyl halides is 3. The van der Waals surface area contributed by atoms with Gasteiger partial charge in [-0.1, -0.05) is 0 Å². The van der Waals surface area contributed by atoms with Crippen molar-refractivity contribution in [1.29, 1.82) is 5.26 Å². The molecule has 0 unspecified atom stereocenters. The number of benzene rings is 1. The Morgan fingerprint density at radius 1 is 1.37 bits per heavy atom. The highest BCUT2D eigenvalue weighted by molar-refractivity contribution is 5.66. The van der Waals surface area contributed by atoms with Crippen LogP contribution in [-0.4, -0.2) is 9.78 Å². The molecule has 4 nitrogen and oxygen atoms in total. The smallest absolute Gasteiger partial charge is 0.352 e. The number of nitriles is 1. The van der Waals surface area contributed by atoms with E-state index in [1.807, 2.05) is 6.07 Å². The molecule has 1 N–H and O–H groups in total. The number of aromatic nitrogens is 2. The van der Waals surface area contributed by atoms with Crippen LogP contribution in [0.2, 0.25) is 0 Å². The second-order valence-electron chi connectivity index (χ2n) is 3.90. The molecule has 0 aliphatic heterocycles. The van der Waals surface area contributed by atoms with Crippen molar-refractivity contribution in [3.8, 4) is 6.07 Å². The van der Waals surface area contributed by atoms with E-state index in [-0.39, 0.29) is 11.3 Å². The summed E-state index contributed by atoms with van der Waals surface area (Å²) in [5.74, 6) is 0. The fraction of sp³-hybridized carbons (Fsp3) is 0.167. The molecule has 0 saturated heterocycles. The van der Waals surface area contributed by atoms with Crippen molar-refractivity contribution in [2.24, 2.45) is 7.05 Å². The van der Waals surface area contributed by atoms with Gasteiger partial charge >= 0.3 is 6.18 Å². The monoisotopic (exact) mass is 266 g/mol. The summed E-state index contributed by atoms with van der Waals surface area (Å²) >= 11 is 0. The Labute approximate surface area is 107 Å². The van der Waals surface area contributed by atoms with E-state index in [1.54, 1.807) is 13.2 Å². The van der Waals surface area contributed by atoms with Gasteiger partial charge in [0.1, 0.15) is 6.07 Å². The summed E-state index contributed by atoms with van der Waals surface area (Å²) in [7, 11) is 1.68. The molecule has 0 aliphatic rings. The van der Waals surface area contributed by atoms with Crippen LogP contribution in [0, 0.1) is 11.3 Å². The Morgan fingerprint density at radius 3 is 2.63 bits per heavy atom. The van der Waals surface area contributed by atoms with Gasteiger partial charge in [-0.05, 0) is 18.2 Å². The van der Waals surface area contributed by atoms with Crippen LogP contribution in [0.25, 0.3) is 0 Å². The van der Waals surface area contributed by atoms with Crippen molar-refractivity contribution in [3.05, 3.63) is 41.7 Å². The van der Waals surface area contributed by atoms with Crippen LogP contribution in [0.15, 0.2) is 30.6 Å². The van der Waals surface area contributed by atoms with Gasteiger partial charge in [0.25, 0.3) is 0 Å². The molecule has 1 heterocycles. The minimum atomic E-state index is -4.45. The number of halogens is 3. The summed E-state index contributed by atoms with van der Waals surface area (Å²) in [6.07, 6.45) is -1.39. The lowest BCUT2D eigenvalue weighted by Gasteiger charge is -2.11. The number of rotatable bonds is 2. The Kier molecular flexibility index (Phi) is 3.17. The van der Waals surface area contributed by atoms with Crippen LogP contribution < -0.4 is 5.32 Å². The lowest BCUT2D eigenvalue weighted by Crippen LogP contribution is -2.06. The minimum Gasteiger partial charge on any atom is -0.352 e. The first-order valence-corrected chi connectivity index (χ1v) is 5.27. The Bertz CT molecular complexity index is 637. The van der Waals surface area contributed by atoms with Gasteiger partial charge in [-0.25, -0.2) is 0 Å². The van der Waals surface area contributed by atoms with E-state index in [9.17, 15) is 13.2 Å². The highest BCUT2D eigenvalue weighted by Crippen LogP contribution is 2.32. The average Bonchev–Trinajstić information content (AvgIpc) is 2.73. The van der Waals surface area contributed by atoms with Gasteiger partial charge in [0.2, 0.25) is 0 Å². The molecular weight excluding hydrogens is 257 g/mol. The van der Waals surface area contributed by atoms with Crippen LogP contribution >= 0.6 is 0 Å². The summed E-state index contributed by atoms with van der Waals surface area (Å²) in [6.45, 7) is 0. The standard InChI is InChI=1S/C12H9F3N4/c1-19-7-10(6-17-19)18-11-4-9(12(13,14)15)3-2-8(11)5-16/h2-4,6-7,18H,1H3. The second kappa shape index (κ2) is 4.65. The highest BCUT2D eigenvalue weighted by Gasteiger charge is 2.31. The summed E-state index contributed by atoms with van der Waals surface area (Å²) in [4.78, 5) is 0. The Morgan fingerprint density at radius 2 is 2.11 bits per heavy atom. The summed E-state index contributed by atoms with van der Waals surface area (Å²) in [6, 6.07) is 4.77. The number of nitrogens with one attached hydrogen (secondary N) is 1. The van der Waals surface area contributed by atoms with Gasteiger partial charge in [-0.15, -0.1) is 0 Å². The molecule has 1 aromatic heterocycles. The van der Waals surface area contributed by atoms with Crippen molar-refractivity contribution in [2.75, 3.05) is 5.32 Å². The van der Waals surface area contributed by atoms with Crippen LogP contribution in [0.4, 0.5) is 24.5 Å². The first kappa shape index (κ1) is 13.0. The van der Waals surface area contributed by atoms with Crippen molar-refractivity contribution < 1.29 is 13.2 Å². The normalized spacial score (nSPS) is 11.1. The third-order valence-electron chi connectivity index (χ3n) is 2.45. The average molecular weight is 266 g/mol. The third-order valence-corrected chi connectivity index (χ3v) is 2.45. The molecule has 0 saturated carbocycles. The lowest BCUT2D eigenvalue weighted by molar-refractivity contribution is -0.137. The largest absolute Gasteiger partial charge is 0.416 e. The molecule has 1 aromatic carbocycles. The molecule has 0 atom stereocenters. The van der Waals surface area contributed by atoms with Gasteiger partial charge in [0.15, 0.2) is 0 Å². The van der Waals surface area contributed by atoms with Crippen LogP contribution in [-0.2, 0) is 13.2 Å². The Hall–Kier alpha value is -2.49. The van der Waals surface area contributed by atoms with E-state index in [2.05, 4.69) is 10.4 Å². The van der Waals surface area contributed by atoms with E-state index in [1.165, 1.54) is 10.9 Å². The van der Waals surface area contributed by atoms with E-state index in [4.69, 9.17) is 5.26 Å². The topological polar surface area (TPSA) is 53.6 Å². The zero-order chi connectivity index (χ0) is 14.0.